The van der Waals surface area contributed by atoms with Gasteiger partial charge in [0.15, 0.2) is 0 Å². The lowest BCUT2D eigenvalue weighted by Crippen LogP contribution is -2.42. The summed E-state index contributed by atoms with van der Waals surface area (Å²) in [5, 5.41) is 18.1. The van der Waals surface area contributed by atoms with Gasteiger partial charge in [-0.25, -0.2) is 9.59 Å². The highest BCUT2D eigenvalue weighted by Gasteiger charge is 2.27. The second-order valence-electron chi connectivity index (χ2n) is 9.07. The first-order valence-electron chi connectivity index (χ1n) is 12.2. The average molecular weight is 483 g/mol. The first kappa shape index (κ1) is 26.2. The number of amides is 1. The lowest BCUT2D eigenvalue weighted by molar-refractivity contribution is -0.159. The summed E-state index contributed by atoms with van der Waals surface area (Å²) in [5.41, 5.74) is 2.47. The molecule has 0 bridgehead atoms. The quantitative estimate of drug-likeness (QED) is 0.516. The maximum absolute atomic E-state index is 12.5. The lowest BCUT2D eigenvalue weighted by atomic mass is 9.95. The Bertz CT molecular complexity index is 937. The van der Waals surface area contributed by atoms with Crippen LogP contribution in [0.2, 0.25) is 0 Å². The Balaban J connectivity index is 0.000000509. The van der Waals surface area contributed by atoms with Gasteiger partial charge in [-0.05, 0) is 62.0 Å². The van der Waals surface area contributed by atoms with Gasteiger partial charge in [0, 0.05) is 18.5 Å². The zero-order valence-corrected chi connectivity index (χ0v) is 19.9. The Morgan fingerprint density at radius 1 is 0.829 bits per heavy atom. The molecule has 0 radical (unpaired) electrons. The van der Waals surface area contributed by atoms with Crippen molar-refractivity contribution in [3.05, 3.63) is 65.7 Å². The minimum Gasteiger partial charge on any atom is -0.489 e. The van der Waals surface area contributed by atoms with Gasteiger partial charge in [0.2, 0.25) is 5.91 Å². The van der Waals surface area contributed by atoms with Gasteiger partial charge in [0.05, 0.1) is 0 Å². The number of likely N-dealkylation sites (tertiary alicyclic amines) is 1. The van der Waals surface area contributed by atoms with Gasteiger partial charge in [-0.15, -0.1) is 0 Å². The van der Waals surface area contributed by atoms with Crippen molar-refractivity contribution in [2.75, 3.05) is 13.1 Å². The first-order valence-corrected chi connectivity index (χ1v) is 12.2. The van der Waals surface area contributed by atoms with Gasteiger partial charge in [-0.1, -0.05) is 55.3 Å². The summed E-state index contributed by atoms with van der Waals surface area (Å²) >= 11 is 0. The van der Waals surface area contributed by atoms with E-state index in [9.17, 15) is 4.79 Å². The van der Waals surface area contributed by atoms with Crippen molar-refractivity contribution in [2.45, 2.75) is 57.7 Å². The lowest BCUT2D eigenvalue weighted by Gasteiger charge is -2.31. The predicted octanol–water partition coefficient (Wildman–Crippen LogP) is 3.69. The molecule has 8 heteroatoms. The summed E-state index contributed by atoms with van der Waals surface area (Å²) in [6.45, 7) is 3.52. The number of piperidine rings is 1. The number of hydrogen-bond acceptors (Lipinski definition) is 5. The Morgan fingerprint density at radius 3 is 2.00 bits per heavy atom. The Labute approximate surface area is 205 Å². The Kier molecular flexibility index (Phi) is 10.1. The highest BCUT2D eigenvalue weighted by molar-refractivity contribution is 6.27. The van der Waals surface area contributed by atoms with E-state index in [4.69, 9.17) is 24.5 Å². The number of rotatable bonds is 7. The summed E-state index contributed by atoms with van der Waals surface area (Å²) < 4.78 is 5.87. The van der Waals surface area contributed by atoms with Crippen LogP contribution in [0, 0.1) is 5.92 Å². The molecule has 0 aromatic heterocycles. The third-order valence-corrected chi connectivity index (χ3v) is 6.42. The monoisotopic (exact) mass is 482 g/mol. The number of aliphatic carboxylic acids is 2. The maximum Gasteiger partial charge on any atom is 0.414 e. The zero-order chi connectivity index (χ0) is 25.0. The van der Waals surface area contributed by atoms with Crippen LogP contribution >= 0.6 is 0 Å². The molecule has 0 atom stereocenters. The molecule has 2 aliphatic rings. The van der Waals surface area contributed by atoms with Gasteiger partial charge in [-0.2, -0.15) is 0 Å². The fraction of sp³-hybridized carbons (Fsp3) is 0.444. The van der Waals surface area contributed by atoms with Gasteiger partial charge in [-0.3, -0.25) is 9.69 Å². The molecule has 1 saturated carbocycles. The van der Waals surface area contributed by atoms with E-state index in [2.05, 4.69) is 46.6 Å². The molecule has 35 heavy (non-hydrogen) atoms. The largest absolute Gasteiger partial charge is 0.489 e. The van der Waals surface area contributed by atoms with Crippen LogP contribution in [-0.2, 0) is 27.5 Å². The van der Waals surface area contributed by atoms with Crippen molar-refractivity contribution in [1.82, 2.24) is 10.2 Å². The fourth-order valence-corrected chi connectivity index (χ4v) is 4.43. The van der Waals surface area contributed by atoms with Crippen molar-refractivity contribution < 1.29 is 29.3 Å². The van der Waals surface area contributed by atoms with E-state index in [1.807, 2.05) is 18.2 Å². The summed E-state index contributed by atoms with van der Waals surface area (Å²) in [6, 6.07) is 19.1. The number of carbonyl (C=O) groups is 3. The van der Waals surface area contributed by atoms with Crippen LogP contribution in [0.1, 0.15) is 49.7 Å². The van der Waals surface area contributed by atoms with Crippen LogP contribution in [0.15, 0.2) is 54.6 Å². The third kappa shape index (κ3) is 9.05. The van der Waals surface area contributed by atoms with Crippen LogP contribution < -0.4 is 10.1 Å². The van der Waals surface area contributed by atoms with Crippen molar-refractivity contribution in [1.29, 1.82) is 0 Å². The van der Waals surface area contributed by atoms with Crippen LogP contribution in [0.5, 0.6) is 5.75 Å². The molecule has 1 aliphatic heterocycles. The minimum absolute atomic E-state index is 0.195. The van der Waals surface area contributed by atoms with E-state index >= 15 is 0 Å². The fourth-order valence-electron chi connectivity index (χ4n) is 4.43. The van der Waals surface area contributed by atoms with E-state index in [1.54, 1.807) is 0 Å². The van der Waals surface area contributed by atoms with Crippen LogP contribution in [0.25, 0.3) is 0 Å². The molecule has 2 aromatic carbocycles. The zero-order valence-electron chi connectivity index (χ0n) is 19.9. The van der Waals surface area contributed by atoms with Gasteiger partial charge >= 0.3 is 11.9 Å². The van der Waals surface area contributed by atoms with E-state index < -0.39 is 11.9 Å². The van der Waals surface area contributed by atoms with E-state index in [0.29, 0.717) is 12.6 Å². The third-order valence-electron chi connectivity index (χ3n) is 6.42. The molecule has 1 amide bonds. The summed E-state index contributed by atoms with van der Waals surface area (Å²) in [4.78, 5) is 33.1. The molecule has 2 fully saturated rings. The summed E-state index contributed by atoms with van der Waals surface area (Å²) in [6.07, 6.45) is 6.79. The normalized spacial score (nSPS) is 16.7. The molecule has 3 N–H and O–H groups in total. The number of hydrogen-bond donors (Lipinski definition) is 3. The van der Waals surface area contributed by atoms with Crippen molar-refractivity contribution in [2.24, 2.45) is 5.92 Å². The highest BCUT2D eigenvalue weighted by atomic mass is 16.5. The molecule has 4 rings (SSSR count). The van der Waals surface area contributed by atoms with Gasteiger partial charge in [0.25, 0.3) is 0 Å². The van der Waals surface area contributed by atoms with Gasteiger partial charge in [0.1, 0.15) is 12.4 Å². The second kappa shape index (κ2) is 13.5. The first-order chi connectivity index (χ1) is 16.9. The number of carboxylic acid groups (broad SMARTS) is 2. The van der Waals surface area contributed by atoms with Crippen LogP contribution in [-0.4, -0.2) is 52.1 Å². The molecule has 1 saturated heterocycles. The molecule has 1 heterocycles. The SMILES string of the molecule is O=C(NC1CCCC1)C1CCN(Cc2ccc(OCc3ccccc3)cc2)CC1.O=C(O)C(=O)O. The number of ether oxygens (including phenoxy) is 1. The highest BCUT2D eigenvalue weighted by Crippen LogP contribution is 2.23. The van der Waals surface area contributed by atoms with Crippen molar-refractivity contribution >= 4 is 17.8 Å². The maximum atomic E-state index is 12.5. The second-order valence-corrected chi connectivity index (χ2v) is 9.07. The predicted molar refractivity (Wildman–Crippen MR) is 131 cm³/mol. The molecular weight excluding hydrogens is 448 g/mol. The number of benzene rings is 2. The number of nitrogens with zero attached hydrogens (tertiary/aromatic N) is 1. The molecular formula is C27H34N2O6. The van der Waals surface area contributed by atoms with Gasteiger partial charge < -0.3 is 20.3 Å². The molecule has 1 aliphatic carbocycles. The van der Waals surface area contributed by atoms with E-state index in [-0.39, 0.29) is 11.8 Å². The average Bonchev–Trinajstić information content (AvgIpc) is 3.38. The molecule has 0 unspecified atom stereocenters. The number of nitrogens with one attached hydrogen (secondary N) is 1. The molecule has 0 spiro atoms. The minimum atomic E-state index is -1.82. The summed E-state index contributed by atoms with van der Waals surface area (Å²) in [7, 11) is 0. The van der Waals surface area contributed by atoms with Crippen molar-refractivity contribution in [3.8, 4) is 5.75 Å². The topological polar surface area (TPSA) is 116 Å². The molecule has 8 nitrogen and oxygen atoms in total. The molecule has 188 valence electrons. The standard InChI is InChI=1S/C25H32N2O2.C2H2O4/c28-25(26-23-8-4-5-9-23)22-14-16-27(17-15-22)18-20-10-12-24(13-11-20)29-19-21-6-2-1-3-7-21;3-1(4)2(5)6/h1-3,6-7,10-13,22-23H,4-5,8-9,14-19H2,(H,26,28);(H,3,4)(H,5,6). The number of carbonyl (C=O) groups excluding carboxylic acids is 1. The molecule has 2 aromatic rings. The Morgan fingerprint density at radius 2 is 1.43 bits per heavy atom. The van der Waals surface area contributed by atoms with E-state index in [0.717, 1.165) is 51.1 Å². The smallest absolute Gasteiger partial charge is 0.414 e. The van der Waals surface area contributed by atoms with E-state index in [1.165, 1.54) is 24.0 Å². The van der Waals surface area contributed by atoms with Crippen LogP contribution in [0.4, 0.5) is 0 Å². The van der Waals surface area contributed by atoms with Crippen molar-refractivity contribution in [3.63, 3.8) is 0 Å². The summed E-state index contributed by atoms with van der Waals surface area (Å²) in [5.74, 6) is -2.26. The van der Waals surface area contributed by atoms with Crippen LogP contribution in [0.3, 0.4) is 0 Å². The number of carboxylic acids is 2. The Hall–Kier alpha value is -3.39.